The second-order valence-electron chi connectivity index (χ2n) is 4.08. The van der Waals surface area contributed by atoms with Crippen LogP contribution in [-0.4, -0.2) is 37.3 Å². The minimum atomic E-state index is -0.153. The number of carbonyl (C=O) groups excluding carboxylic acids is 1. The average Bonchev–Trinajstić information content (AvgIpc) is 2.45. The first-order valence-electron chi connectivity index (χ1n) is 6.50. The molecule has 0 aromatic heterocycles. The molecule has 0 saturated carbocycles. The summed E-state index contributed by atoms with van der Waals surface area (Å²) in [5.74, 6) is 0.453. The summed E-state index contributed by atoms with van der Waals surface area (Å²) in [5.41, 5.74) is 6.26. The van der Waals surface area contributed by atoms with Gasteiger partial charge in [-0.05, 0) is 37.6 Å². The van der Waals surface area contributed by atoms with Crippen molar-refractivity contribution in [1.82, 2.24) is 5.32 Å². The van der Waals surface area contributed by atoms with Gasteiger partial charge in [-0.3, -0.25) is 4.79 Å². The molecule has 0 spiro atoms. The van der Waals surface area contributed by atoms with E-state index in [1.54, 1.807) is 24.3 Å². The summed E-state index contributed by atoms with van der Waals surface area (Å²) in [6.07, 6.45) is 0.794. The highest BCUT2D eigenvalue weighted by Crippen LogP contribution is 2.11. The summed E-state index contributed by atoms with van der Waals surface area (Å²) >= 11 is 4.85. The Hall–Kier alpha value is -1.66. The van der Waals surface area contributed by atoms with Gasteiger partial charge in [-0.1, -0.05) is 12.2 Å². The molecule has 110 valence electrons. The Labute approximate surface area is 124 Å². The van der Waals surface area contributed by atoms with E-state index < -0.39 is 0 Å². The molecule has 0 radical (unpaired) electrons. The van der Waals surface area contributed by atoms with Crippen LogP contribution in [-0.2, 0) is 9.53 Å². The third-order valence-electron chi connectivity index (χ3n) is 2.50. The standard InChI is InChI=1S/C14H20N2O3S/c1-2-18-9-3-8-16-13(17)10-19-12-6-4-11(5-7-12)14(15)20/h4-7H,2-3,8-10H2,1H3,(H2,15,20)(H,16,17). The van der Waals surface area contributed by atoms with Crippen LogP contribution in [0.4, 0.5) is 0 Å². The Morgan fingerprint density at radius 3 is 2.65 bits per heavy atom. The van der Waals surface area contributed by atoms with Crippen molar-refractivity contribution < 1.29 is 14.3 Å². The zero-order chi connectivity index (χ0) is 14.8. The molecule has 0 aliphatic heterocycles. The summed E-state index contributed by atoms with van der Waals surface area (Å²) in [7, 11) is 0. The lowest BCUT2D eigenvalue weighted by atomic mass is 10.2. The molecule has 5 nitrogen and oxygen atoms in total. The van der Waals surface area contributed by atoms with E-state index in [1.807, 2.05) is 6.92 Å². The fraction of sp³-hybridized carbons (Fsp3) is 0.429. The van der Waals surface area contributed by atoms with E-state index in [9.17, 15) is 4.79 Å². The third-order valence-corrected chi connectivity index (χ3v) is 2.74. The fourth-order valence-corrected chi connectivity index (χ4v) is 1.60. The number of benzene rings is 1. The lowest BCUT2D eigenvalue weighted by molar-refractivity contribution is -0.123. The van der Waals surface area contributed by atoms with Crippen LogP contribution in [0.25, 0.3) is 0 Å². The van der Waals surface area contributed by atoms with E-state index in [4.69, 9.17) is 27.4 Å². The highest BCUT2D eigenvalue weighted by molar-refractivity contribution is 7.80. The Kier molecular flexibility index (Phi) is 7.60. The molecule has 1 aromatic carbocycles. The first-order chi connectivity index (χ1) is 9.63. The van der Waals surface area contributed by atoms with Crippen molar-refractivity contribution in [3.8, 4) is 5.75 Å². The van der Waals surface area contributed by atoms with Gasteiger partial charge in [0.15, 0.2) is 6.61 Å². The van der Waals surface area contributed by atoms with Gasteiger partial charge >= 0.3 is 0 Å². The van der Waals surface area contributed by atoms with Gasteiger partial charge in [0, 0.05) is 25.3 Å². The molecular formula is C14H20N2O3S. The minimum absolute atomic E-state index is 0.0128. The van der Waals surface area contributed by atoms with Gasteiger partial charge in [0.2, 0.25) is 0 Å². The molecule has 1 rings (SSSR count). The van der Waals surface area contributed by atoms with Crippen LogP contribution < -0.4 is 15.8 Å². The SMILES string of the molecule is CCOCCCNC(=O)COc1ccc(C(N)=S)cc1. The molecule has 0 heterocycles. The van der Waals surface area contributed by atoms with Crippen LogP contribution in [0.5, 0.6) is 5.75 Å². The number of carbonyl (C=O) groups is 1. The zero-order valence-corrected chi connectivity index (χ0v) is 12.4. The van der Waals surface area contributed by atoms with E-state index in [1.165, 1.54) is 0 Å². The van der Waals surface area contributed by atoms with Crippen LogP contribution in [0.1, 0.15) is 18.9 Å². The third kappa shape index (κ3) is 6.49. The maximum absolute atomic E-state index is 11.5. The second-order valence-corrected chi connectivity index (χ2v) is 4.52. The number of amides is 1. The van der Waals surface area contributed by atoms with Crippen molar-refractivity contribution in [3.63, 3.8) is 0 Å². The molecule has 0 bridgehead atoms. The summed E-state index contributed by atoms with van der Waals surface area (Å²) in [6.45, 7) is 3.86. The molecule has 20 heavy (non-hydrogen) atoms. The molecule has 0 unspecified atom stereocenters. The number of nitrogens with one attached hydrogen (secondary N) is 1. The summed E-state index contributed by atoms with van der Waals surface area (Å²) < 4.78 is 10.5. The first kappa shape index (κ1) is 16.4. The summed E-state index contributed by atoms with van der Waals surface area (Å²) in [6, 6.07) is 6.99. The number of rotatable bonds is 9. The van der Waals surface area contributed by atoms with E-state index in [0.717, 1.165) is 12.0 Å². The highest BCUT2D eigenvalue weighted by atomic mass is 32.1. The van der Waals surface area contributed by atoms with E-state index in [0.29, 0.717) is 30.5 Å². The molecular weight excluding hydrogens is 276 g/mol. The van der Waals surface area contributed by atoms with Gasteiger partial charge < -0.3 is 20.5 Å². The second kappa shape index (κ2) is 9.28. The van der Waals surface area contributed by atoms with Gasteiger partial charge in [0.25, 0.3) is 5.91 Å². The highest BCUT2D eigenvalue weighted by Gasteiger charge is 2.03. The topological polar surface area (TPSA) is 73.6 Å². The number of nitrogens with two attached hydrogens (primary N) is 1. The Morgan fingerprint density at radius 1 is 1.35 bits per heavy atom. The Morgan fingerprint density at radius 2 is 2.05 bits per heavy atom. The van der Waals surface area contributed by atoms with Crippen molar-refractivity contribution in [2.75, 3.05) is 26.4 Å². The van der Waals surface area contributed by atoms with Crippen molar-refractivity contribution >= 4 is 23.1 Å². The van der Waals surface area contributed by atoms with Crippen LogP contribution in [0, 0.1) is 0 Å². The number of hydrogen-bond donors (Lipinski definition) is 2. The molecule has 0 saturated heterocycles. The quantitative estimate of drug-likeness (QED) is 0.530. The minimum Gasteiger partial charge on any atom is -0.484 e. The Bertz CT molecular complexity index is 435. The molecule has 0 atom stereocenters. The number of thiocarbonyl (C=S) groups is 1. The molecule has 1 amide bonds. The molecule has 6 heteroatoms. The summed E-state index contributed by atoms with van der Waals surface area (Å²) in [4.78, 5) is 11.8. The molecule has 1 aromatic rings. The zero-order valence-electron chi connectivity index (χ0n) is 11.6. The van der Waals surface area contributed by atoms with Gasteiger partial charge in [-0.2, -0.15) is 0 Å². The lowest BCUT2D eigenvalue weighted by Crippen LogP contribution is -2.30. The maximum atomic E-state index is 11.5. The van der Waals surface area contributed by atoms with Crippen molar-refractivity contribution in [1.29, 1.82) is 0 Å². The first-order valence-corrected chi connectivity index (χ1v) is 6.91. The lowest BCUT2D eigenvalue weighted by Gasteiger charge is -2.08. The Balaban J connectivity index is 2.22. The fourth-order valence-electron chi connectivity index (χ4n) is 1.46. The van der Waals surface area contributed by atoms with E-state index in [-0.39, 0.29) is 12.5 Å². The predicted octanol–water partition coefficient (Wildman–Crippen LogP) is 1.24. The summed E-state index contributed by atoms with van der Waals surface area (Å²) in [5, 5.41) is 2.76. The maximum Gasteiger partial charge on any atom is 0.257 e. The van der Waals surface area contributed by atoms with Crippen LogP contribution in [0.3, 0.4) is 0 Å². The number of hydrogen-bond acceptors (Lipinski definition) is 4. The van der Waals surface area contributed by atoms with E-state index in [2.05, 4.69) is 5.32 Å². The van der Waals surface area contributed by atoms with Crippen LogP contribution >= 0.6 is 12.2 Å². The van der Waals surface area contributed by atoms with Crippen molar-refractivity contribution in [3.05, 3.63) is 29.8 Å². The predicted molar refractivity (Wildman–Crippen MR) is 81.9 cm³/mol. The smallest absolute Gasteiger partial charge is 0.257 e. The molecule has 3 N–H and O–H groups in total. The molecule has 0 fully saturated rings. The van der Waals surface area contributed by atoms with Crippen LogP contribution in [0.15, 0.2) is 24.3 Å². The monoisotopic (exact) mass is 296 g/mol. The average molecular weight is 296 g/mol. The van der Waals surface area contributed by atoms with Gasteiger partial charge in [0.05, 0.1) is 0 Å². The normalized spacial score (nSPS) is 10.1. The molecule has 0 aliphatic carbocycles. The van der Waals surface area contributed by atoms with Crippen molar-refractivity contribution in [2.45, 2.75) is 13.3 Å². The van der Waals surface area contributed by atoms with Gasteiger partial charge in [0.1, 0.15) is 10.7 Å². The van der Waals surface area contributed by atoms with E-state index >= 15 is 0 Å². The number of ether oxygens (including phenoxy) is 2. The van der Waals surface area contributed by atoms with Gasteiger partial charge in [-0.25, -0.2) is 0 Å². The van der Waals surface area contributed by atoms with Crippen molar-refractivity contribution in [2.24, 2.45) is 5.73 Å². The van der Waals surface area contributed by atoms with Crippen LogP contribution in [0.2, 0.25) is 0 Å². The largest absolute Gasteiger partial charge is 0.484 e. The van der Waals surface area contributed by atoms with Gasteiger partial charge in [-0.15, -0.1) is 0 Å². The molecule has 0 aliphatic rings.